The predicted octanol–water partition coefficient (Wildman–Crippen LogP) is -0.0134. The van der Waals surface area contributed by atoms with E-state index in [0.29, 0.717) is 19.0 Å². The number of β-amino-alcohol motifs (C(OH)–C–C–N with tert-alkyl or cyclic N) is 2. The van der Waals surface area contributed by atoms with E-state index in [1.807, 2.05) is 0 Å². The lowest BCUT2D eigenvalue weighted by molar-refractivity contribution is -0.136. The van der Waals surface area contributed by atoms with Crippen LogP contribution in [0.4, 0.5) is 0 Å². The van der Waals surface area contributed by atoms with Crippen molar-refractivity contribution in [3.05, 3.63) is 0 Å². The van der Waals surface area contributed by atoms with Crippen molar-refractivity contribution in [2.75, 3.05) is 13.1 Å². The fraction of sp³-hybridized carbons (Fsp3) is 0.917. The topological polar surface area (TPSA) is 60.8 Å². The van der Waals surface area contributed by atoms with Gasteiger partial charge in [0, 0.05) is 19.0 Å². The van der Waals surface area contributed by atoms with Gasteiger partial charge in [-0.25, -0.2) is 0 Å². The Labute approximate surface area is 95.2 Å². The number of rotatable bonds is 1. The molecule has 3 rings (SSSR count). The fourth-order valence-electron chi connectivity index (χ4n) is 3.73. The highest BCUT2D eigenvalue weighted by atomic mass is 16.3. The second-order valence-electron chi connectivity index (χ2n) is 5.66. The first-order chi connectivity index (χ1) is 7.65. The molecule has 4 nitrogen and oxygen atoms in total. The lowest BCUT2D eigenvalue weighted by Crippen LogP contribution is -2.37. The number of aliphatic hydroxyl groups is 2. The van der Waals surface area contributed by atoms with E-state index in [1.165, 1.54) is 19.3 Å². The molecule has 16 heavy (non-hydrogen) atoms. The Hall–Kier alpha value is -0.610. The van der Waals surface area contributed by atoms with E-state index in [-0.39, 0.29) is 11.8 Å². The van der Waals surface area contributed by atoms with Gasteiger partial charge in [-0.2, -0.15) is 0 Å². The molecule has 0 radical (unpaired) electrons. The van der Waals surface area contributed by atoms with Crippen LogP contribution in [0.2, 0.25) is 0 Å². The van der Waals surface area contributed by atoms with E-state index in [9.17, 15) is 15.0 Å². The molecular formula is C12H19NO3. The molecule has 2 aliphatic carbocycles. The van der Waals surface area contributed by atoms with Gasteiger partial charge in [0.2, 0.25) is 5.91 Å². The van der Waals surface area contributed by atoms with Gasteiger partial charge in [0.25, 0.3) is 0 Å². The Balaban J connectivity index is 1.66. The molecule has 2 N–H and O–H groups in total. The molecule has 5 unspecified atom stereocenters. The lowest BCUT2D eigenvalue weighted by atomic mass is 9.88. The summed E-state index contributed by atoms with van der Waals surface area (Å²) in [5, 5.41) is 18.9. The average molecular weight is 225 g/mol. The van der Waals surface area contributed by atoms with Crippen molar-refractivity contribution >= 4 is 5.91 Å². The number of carbonyl (C=O) groups is 1. The molecule has 1 heterocycles. The molecule has 3 aliphatic rings. The normalized spacial score (nSPS) is 46.6. The maximum Gasteiger partial charge on any atom is 0.226 e. The molecular weight excluding hydrogens is 206 g/mol. The maximum atomic E-state index is 12.2. The second-order valence-corrected chi connectivity index (χ2v) is 5.66. The Bertz CT molecular complexity index is 297. The van der Waals surface area contributed by atoms with Gasteiger partial charge in [0.05, 0.1) is 12.2 Å². The SMILES string of the molecule is O=C(C1CC2CCC1C2)N1CC(O)C(O)C1. The summed E-state index contributed by atoms with van der Waals surface area (Å²) in [6, 6.07) is 0. The zero-order chi connectivity index (χ0) is 11.3. The first-order valence-electron chi connectivity index (χ1n) is 6.30. The molecule has 90 valence electrons. The average Bonchev–Trinajstić information content (AvgIpc) is 2.94. The smallest absolute Gasteiger partial charge is 0.226 e. The van der Waals surface area contributed by atoms with Gasteiger partial charge < -0.3 is 15.1 Å². The third kappa shape index (κ3) is 1.55. The number of carbonyl (C=O) groups excluding carboxylic acids is 1. The number of fused-ring (bicyclic) bond motifs is 2. The van der Waals surface area contributed by atoms with Gasteiger partial charge in [-0.15, -0.1) is 0 Å². The van der Waals surface area contributed by atoms with Crippen LogP contribution in [0.15, 0.2) is 0 Å². The molecule has 0 spiro atoms. The first kappa shape index (κ1) is 10.5. The Kier molecular flexibility index (Phi) is 2.44. The predicted molar refractivity (Wildman–Crippen MR) is 57.5 cm³/mol. The monoisotopic (exact) mass is 225 g/mol. The zero-order valence-electron chi connectivity index (χ0n) is 9.38. The van der Waals surface area contributed by atoms with Crippen LogP contribution in [0.3, 0.4) is 0 Å². The molecule has 0 aromatic heterocycles. The number of nitrogens with zero attached hydrogens (tertiary/aromatic N) is 1. The number of amides is 1. The summed E-state index contributed by atoms with van der Waals surface area (Å²) >= 11 is 0. The molecule has 4 heteroatoms. The Morgan fingerprint density at radius 2 is 1.75 bits per heavy atom. The summed E-state index contributed by atoms with van der Waals surface area (Å²) in [5.41, 5.74) is 0. The lowest BCUT2D eigenvalue weighted by Gasteiger charge is -2.26. The minimum absolute atomic E-state index is 0.169. The highest BCUT2D eigenvalue weighted by Crippen LogP contribution is 2.49. The van der Waals surface area contributed by atoms with Gasteiger partial charge in [0.1, 0.15) is 0 Å². The standard InChI is InChI=1S/C12H19NO3/c14-10-5-13(6-11(10)15)12(16)9-4-7-1-2-8(9)3-7/h7-11,14-15H,1-6H2. The Morgan fingerprint density at radius 1 is 1.06 bits per heavy atom. The van der Waals surface area contributed by atoms with Crippen LogP contribution in [0.25, 0.3) is 0 Å². The van der Waals surface area contributed by atoms with Crippen molar-refractivity contribution in [2.24, 2.45) is 17.8 Å². The van der Waals surface area contributed by atoms with E-state index in [4.69, 9.17) is 0 Å². The van der Waals surface area contributed by atoms with Gasteiger partial charge in [0.15, 0.2) is 0 Å². The van der Waals surface area contributed by atoms with E-state index in [1.54, 1.807) is 4.90 Å². The van der Waals surface area contributed by atoms with Gasteiger partial charge in [-0.05, 0) is 31.1 Å². The molecule has 3 fully saturated rings. The minimum Gasteiger partial charge on any atom is -0.388 e. The summed E-state index contributed by atoms with van der Waals surface area (Å²) < 4.78 is 0. The van der Waals surface area contributed by atoms with Crippen molar-refractivity contribution in [2.45, 2.75) is 37.9 Å². The Morgan fingerprint density at radius 3 is 2.25 bits per heavy atom. The quantitative estimate of drug-likeness (QED) is 0.659. The van der Waals surface area contributed by atoms with Crippen LogP contribution in [0.1, 0.15) is 25.7 Å². The van der Waals surface area contributed by atoms with Crippen LogP contribution in [-0.2, 0) is 4.79 Å². The van der Waals surface area contributed by atoms with Crippen molar-refractivity contribution in [3.8, 4) is 0 Å². The molecule has 1 amide bonds. The largest absolute Gasteiger partial charge is 0.388 e. The number of hydrogen-bond acceptors (Lipinski definition) is 3. The van der Waals surface area contributed by atoms with Crippen LogP contribution in [0, 0.1) is 17.8 Å². The molecule has 2 saturated carbocycles. The van der Waals surface area contributed by atoms with E-state index < -0.39 is 12.2 Å². The first-order valence-corrected chi connectivity index (χ1v) is 6.30. The summed E-state index contributed by atoms with van der Waals surface area (Å²) in [6.45, 7) is 0.627. The van der Waals surface area contributed by atoms with Crippen molar-refractivity contribution in [1.29, 1.82) is 0 Å². The summed E-state index contributed by atoms with van der Waals surface area (Å²) in [5.74, 6) is 1.68. The number of aliphatic hydroxyl groups excluding tert-OH is 2. The van der Waals surface area contributed by atoms with E-state index in [0.717, 1.165) is 12.3 Å². The van der Waals surface area contributed by atoms with Crippen LogP contribution in [-0.4, -0.2) is 46.3 Å². The van der Waals surface area contributed by atoms with Crippen molar-refractivity contribution < 1.29 is 15.0 Å². The van der Waals surface area contributed by atoms with Crippen LogP contribution >= 0.6 is 0 Å². The highest BCUT2D eigenvalue weighted by Gasteiger charge is 2.46. The summed E-state index contributed by atoms with van der Waals surface area (Å²) in [4.78, 5) is 13.9. The highest BCUT2D eigenvalue weighted by molar-refractivity contribution is 5.80. The summed E-state index contributed by atoms with van der Waals surface area (Å²) in [6.07, 6.45) is 3.24. The van der Waals surface area contributed by atoms with Crippen LogP contribution < -0.4 is 0 Å². The van der Waals surface area contributed by atoms with E-state index in [2.05, 4.69) is 0 Å². The van der Waals surface area contributed by atoms with Crippen LogP contribution in [0.5, 0.6) is 0 Å². The minimum atomic E-state index is -0.748. The number of hydrogen-bond donors (Lipinski definition) is 2. The van der Waals surface area contributed by atoms with Crippen molar-refractivity contribution in [1.82, 2.24) is 4.90 Å². The fourth-order valence-corrected chi connectivity index (χ4v) is 3.73. The van der Waals surface area contributed by atoms with E-state index >= 15 is 0 Å². The number of likely N-dealkylation sites (tertiary alicyclic amines) is 1. The molecule has 0 aromatic rings. The molecule has 2 bridgehead atoms. The maximum absolute atomic E-state index is 12.2. The van der Waals surface area contributed by atoms with Gasteiger partial charge in [-0.1, -0.05) is 6.42 Å². The summed E-state index contributed by atoms with van der Waals surface area (Å²) in [7, 11) is 0. The van der Waals surface area contributed by atoms with Gasteiger partial charge in [-0.3, -0.25) is 4.79 Å². The molecule has 5 atom stereocenters. The molecule has 1 aliphatic heterocycles. The third-order valence-corrected chi connectivity index (χ3v) is 4.63. The molecule has 1 saturated heterocycles. The third-order valence-electron chi connectivity index (χ3n) is 4.63. The zero-order valence-corrected chi connectivity index (χ0v) is 9.38. The van der Waals surface area contributed by atoms with Gasteiger partial charge >= 0.3 is 0 Å². The molecule has 0 aromatic carbocycles. The second kappa shape index (κ2) is 3.70. The van der Waals surface area contributed by atoms with Crippen molar-refractivity contribution in [3.63, 3.8) is 0 Å².